The first-order chi connectivity index (χ1) is 28.6. The minimum absolute atomic E-state index is 0.119. The molecule has 0 aliphatic carbocycles. The number of hydrogen-bond donors (Lipinski definition) is 1. The number of carbonyl (C=O) groups is 1. The van der Waals surface area contributed by atoms with E-state index < -0.39 is 5.97 Å². The molecule has 0 bridgehead atoms. The monoisotopic (exact) mass is 816 g/mol. The van der Waals surface area contributed by atoms with Crippen LogP contribution < -0.4 is 0 Å². The van der Waals surface area contributed by atoms with Gasteiger partial charge in [-0.3, -0.25) is 4.79 Å². The molecule has 0 amide bonds. The first-order valence-corrected chi connectivity index (χ1v) is 27.2. The summed E-state index contributed by atoms with van der Waals surface area (Å²) in [7, 11) is 2.33. The third-order valence-corrected chi connectivity index (χ3v) is 13.1. The van der Waals surface area contributed by atoms with Crippen molar-refractivity contribution in [2.45, 2.75) is 309 Å². The summed E-state index contributed by atoms with van der Waals surface area (Å²) in [5.74, 6) is -0.682. The summed E-state index contributed by atoms with van der Waals surface area (Å²) < 4.78 is 0. The lowest BCUT2D eigenvalue weighted by Crippen LogP contribution is -2.20. The molecule has 0 spiro atoms. The Morgan fingerprint density at radius 1 is 0.362 bits per heavy atom. The van der Waals surface area contributed by atoms with Crippen molar-refractivity contribution in [2.24, 2.45) is 5.92 Å². The van der Waals surface area contributed by atoms with Gasteiger partial charge in [0, 0.05) is 0 Å². The number of hydrogen-bond acceptors (Lipinski definition) is 2. The Bertz CT molecular complexity index is 795. The number of rotatable bonds is 51. The fourth-order valence-electron chi connectivity index (χ4n) is 8.96. The standard InChI is InChI=1S/C55H109NO2/c1-4-6-8-10-12-14-16-18-20-22-26-30-34-38-42-46-50-54(55(57)58)51-47-43-39-35-31-27-23-25-29-33-37-41-45-49-53-56(3)52-48-44-40-36-32-28-24-21-19-17-15-13-11-9-7-5-2/h23,27,54H,4-22,24-26,28-53H2,1-3H3,(H,57,58). The highest BCUT2D eigenvalue weighted by Gasteiger charge is 2.16. The van der Waals surface area contributed by atoms with Crippen molar-refractivity contribution in [2.75, 3.05) is 20.1 Å². The van der Waals surface area contributed by atoms with Crippen LogP contribution in [0.4, 0.5) is 0 Å². The fourth-order valence-corrected chi connectivity index (χ4v) is 8.96. The van der Waals surface area contributed by atoms with Gasteiger partial charge in [0.1, 0.15) is 0 Å². The van der Waals surface area contributed by atoms with E-state index >= 15 is 0 Å². The van der Waals surface area contributed by atoms with Crippen molar-refractivity contribution in [3.05, 3.63) is 12.2 Å². The maximum Gasteiger partial charge on any atom is 0.306 e. The quantitative estimate of drug-likeness (QED) is 0.0491. The minimum atomic E-state index is -0.563. The normalized spacial score (nSPS) is 12.4. The van der Waals surface area contributed by atoms with Gasteiger partial charge in [0.2, 0.25) is 0 Å². The molecular weight excluding hydrogens is 707 g/mol. The van der Waals surface area contributed by atoms with Gasteiger partial charge in [0.15, 0.2) is 0 Å². The predicted molar refractivity (Wildman–Crippen MR) is 261 cm³/mol. The summed E-state index contributed by atoms with van der Waals surface area (Å²) in [6.07, 6.45) is 67.1. The van der Waals surface area contributed by atoms with Crippen LogP contribution in [0, 0.1) is 5.92 Å². The summed E-state index contributed by atoms with van der Waals surface area (Å²) in [4.78, 5) is 14.4. The van der Waals surface area contributed by atoms with Crippen molar-refractivity contribution >= 4 is 5.97 Å². The van der Waals surface area contributed by atoms with Gasteiger partial charge >= 0.3 is 5.97 Å². The van der Waals surface area contributed by atoms with E-state index in [-0.39, 0.29) is 5.92 Å². The minimum Gasteiger partial charge on any atom is -0.481 e. The van der Waals surface area contributed by atoms with E-state index in [1.807, 2.05) is 0 Å². The second-order valence-corrected chi connectivity index (χ2v) is 19.1. The second kappa shape index (κ2) is 50.5. The summed E-state index contributed by atoms with van der Waals surface area (Å²) in [5, 5.41) is 9.72. The van der Waals surface area contributed by atoms with Crippen LogP contribution in [-0.4, -0.2) is 36.1 Å². The zero-order chi connectivity index (χ0) is 42.1. The molecule has 0 fully saturated rings. The van der Waals surface area contributed by atoms with Crippen molar-refractivity contribution in [1.82, 2.24) is 4.90 Å². The van der Waals surface area contributed by atoms with Gasteiger partial charge in [0.25, 0.3) is 0 Å². The lowest BCUT2D eigenvalue weighted by molar-refractivity contribution is -0.142. The Hall–Kier alpha value is -0.830. The number of carboxylic acids is 1. The van der Waals surface area contributed by atoms with Crippen LogP contribution in [0.5, 0.6) is 0 Å². The molecule has 3 heteroatoms. The van der Waals surface area contributed by atoms with E-state index in [0.29, 0.717) is 0 Å². The predicted octanol–water partition coefficient (Wildman–Crippen LogP) is 19.2. The van der Waals surface area contributed by atoms with Gasteiger partial charge < -0.3 is 10.0 Å². The van der Waals surface area contributed by atoms with E-state index in [2.05, 4.69) is 37.9 Å². The van der Waals surface area contributed by atoms with Crippen LogP contribution in [0.2, 0.25) is 0 Å². The molecular formula is C55H109NO2. The summed E-state index contributed by atoms with van der Waals surface area (Å²) in [6.45, 7) is 7.16. The molecule has 0 saturated carbocycles. The van der Waals surface area contributed by atoms with Crippen LogP contribution in [-0.2, 0) is 4.79 Å². The van der Waals surface area contributed by atoms with Crippen LogP contribution in [0.1, 0.15) is 309 Å². The Morgan fingerprint density at radius 3 is 0.845 bits per heavy atom. The molecule has 3 nitrogen and oxygen atoms in total. The van der Waals surface area contributed by atoms with Gasteiger partial charge in [-0.15, -0.1) is 0 Å². The molecule has 346 valence electrons. The van der Waals surface area contributed by atoms with E-state index in [0.717, 1.165) is 25.7 Å². The topological polar surface area (TPSA) is 40.5 Å². The van der Waals surface area contributed by atoms with E-state index in [1.165, 1.54) is 283 Å². The molecule has 0 aromatic heterocycles. The second-order valence-electron chi connectivity index (χ2n) is 19.1. The van der Waals surface area contributed by atoms with Gasteiger partial charge in [0.05, 0.1) is 5.92 Å². The number of carboxylic acid groups (broad SMARTS) is 1. The fraction of sp³-hybridized carbons (Fsp3) is 0.945. The maximum absolute atomic E-state index is 11.8. The third-order valence-electron chi connectivity index (χ3n) is 13.1. The van der Waals surface area contributed by atoms with Gasteiger partial charge in [-0.2, -0.15) is 0 Å². The molecule has 0 rings (SSSR count). The van der Waals surface area contributed by atoms with Crippen LogP contribution in [0.3, 0.4) is 0 Å². The molecule has 0 aromatic carbocycles. The highest BCUT2D eigenvalue weighted by Crippen LogP contribution is 2.21. The van der Waals surface area contributed by atoms with Crippen molar-refractivity contribution in [1.29, 1.82) is 0 Å². The molecule has 1 unspecified atom stereocenters. The lowest BCUT2D eigenvalue weighted by atomic mass is 9.94. The lowest BCUT2D eigenvalue weighted by Gasteiger charge is -2.16. The highest BCUT2D eigenvalue weighted by atomic mass is 16.4. The van der Waals surface area contributed by atoms with Crippen molar-refractivity contribution in [3.63, 3.8) is 0 Å². The summed E-state index contributed by atoms with van der Waals surface area (Å²) in [5.41, 5.74) is 0. The molecule has 0 heterocycles. The third kappa shape index (κ3) is 47.8. The van der Waals surface area contributed by atoms with E-state index in [4.69, 9.17) is 0 Å². The first kappa shape index (κ1) is 57.2. The molecule has 1 atom stereocenters. The van der Waals surface area contributed by atoms with E-state index in [1.54, 1.807) is 0 Å². The number of allylic oxidation sites excluding steroid dienone is 2. The Morgan fingerprint density at radius 2 is 0.586 bits per heavy atom. The number of unbranched alkanes of at least 4 members (excludes halogenated alkanes) is 40. The molecule has 0 radical (unpaired) electrons. The van der Waals surface area contributed by atoms with Crippen LogP contribution >= 0.6 is 0 Å². The zero-order valence-electron chi connectivity index (χ0n) is 40.5. The molecule has 1 N–H and O–H groups in total. The Kier molecular flexibility index (Phi) is 49.8. The SMILES string of the molecule is CCCCCCCCCCCCCCCCCCC(CCCCCCC=CCCCCCCCCN(C)CCCCCCCCCCCCCCCCCC)C(=O)O. The highest BCUT2D eigenvalue weighted by molar-refractivity contribution is 5.69. The van der Waals surface area contributed by atoms with E-state index in [9.17, 15) is 9.90 Å². The first-order valence-electron chi connectivity index (χ1n) is 27.2. The average Bonchev–Trinajstić information content (AvgIpc) is 3.22. The largest absolute Gasteiger partial charge is 0.481 e. The molecule has 0 saturated heterocycles. The summed E-state index contributed by atoms with van der Waals surface area (Å²) >= 11 is 0. The molecule has 0 aromatic rings. The molecule has 0 aliphatic heterocycles. The van der Waals surface area contributed by atoms with Gasteiger partial charge in [-0.25, -0.2) is 0 Å². The van der Waals surface area contributed by atoms with Crippen LogP contribution in [0.25, 0.3) is 0 Å². The molecule has 58 heavy (non-hydrogen) atoms. The van der Waals surface area contributed by atoms with Crippen molar-refractivity contribution in [3.8, 4) is 0 Å². The Labute approximate surface area is 366 Å². The smallest absolute Gasteiger partial charge is 0.306 e. The average molecular weight is 816 g/mol. The summed E-state index contributed by atoms with van der Waals surface area (Å²) in [6, 6.07) is 0. The zero-order valence-corrected chi connectivity index (χ0v) is 40.5. The Balaban J connectivity index is 3.40. The maximum atomic E-state index is 11.8. The number of nitrogens with zero attached hydrogens (tertiary/aromatic N) is 1. The van der Waals surface area contributed by atoms with Crippen LogP contribution in [0.15, 0.2) is 12.2 Å². The van der Waals surface area contributed by atoms with Crippen molar-refractivity contribution < 1.29 is 9.90 Å². The number of aliphatic carboxylic acids is 1. The van der Waals surface area contributed by atoms with Gasteiger partial charge in [-0.05, 0) is 71.5 Å². The van der Waals surface area contributed by atoms with Gasteiger partial charge in [-0.1, -0.05) is 270 Å². The molecule has 0 aliphatic rings.